The lowest BCUT2D eigenvalue weighted by Crippen LogP contribution is -1.95. The van der Waals surface area contributed by atoms with Crippen molar-refractivity contribution >= 4 is 22.9 Å². The first-order valence-electron chi connectivity index (χ1n) is 4.06. The summed E-state index contributed by atoms with van der Waals surface area (Å²) in [5.74, 6) is 0. The zero-order chi connectivity index (χ0) is 8.81. The van der Waals surface area contributed by atoms with E-state index in [0.29, 0.717) is 10.3 Å². The molecule has 12 heavy (non-hydrogen) atoms. The van der Waals surface area contributed by atoms with Gasteiger partial charge in [0, 0.05) is 5.38 Å². The molecule has 0 atom stereocenters. The number of nitrogens with zero attached hydrogens (tertiary/aromatic N) is 1. The van der Waals surface area contributed by atoms with Gasteiger partial charge in [-0.2, -0.15) is 4.98 Å². The molecule has 1 rings (SSSR count). The maximum atomic E-state index is 5.62. The van der Waals surface area contributed by atoms with Gasteiger partial charge in [0.05, 0.1) is 6.61 Å². The van der Waals surface area contributed by atoms with Gasteiger partial charge in [0.2, 0.25) is 0 Å². The third-order valence-corrected chi connectivity index (χ3v) is 2.50. The molecule has 0 radical (unpaired) electrons. The number of unbranched alkanes of at least 4 members (excludes halogenated alkanes) is 2. The topological polar surface area (TPSA) is 22.1 Å². The fourth-order valence-electron chi connectivity index (χ4n) is 0.817. The Bertz CT molecular complexity index is 227. The van der Waals surface area contributed by atoms with E-state index in [9.17, 15) is 0 Å². The second kappa shape index (κ2) is 5.38. The van der Waals surface area contributed by atoms with Crippen molar-refractivity contribution in [3.05, 3.63) is 10.5 Å². The second-order valence-electron chi connectivity index (χ2n) is 2.49. The molecule has 0 aliphatic heterocycles. The lowest BCUT2D eigenvalue weighted by Gasteiger charge is -1.99. The molecule has 0 aliphatic rings. The number of aromatic nitrogens is 1. The quantitative estimate of drug-likeness (QED) is 0.688. The molecule has 0 aliphatic carbocycles. The largest absolute Gasteiger partial charge is 0.470 e. The Morgan fingerprint density at radius 1 is 1.58 bits per heavy atom. The van der Waals surface area contributed by atoms with E-state index in [0.717, 1.165) is 13.0 Å². The summed E-state index contributed by atoms with van der Waals surface area (Å²) in [6.45, 7) is 2.91. The third kappa shape index (κ3) is 3.41. The van der Waals surface area contributed by atoms with Crippen molar-refractivity contribution in [1.82, 2.24) is 4.98 Å². The standard InChI is InChI=1S/C8H12ClNOS/c1-2-3-4-5-11-8-10-7(9)6-12-8/h6H,2-5H2,1H3. The van der Waals surface area contributed by atoms with Crippen LogP contribution >= 0.6 is 22.9 Å². The maximum Gasteiger partial charge on any atom is 0.274 e. The molecule has 0 amide bonds. The molecule has 0 saturated heterocycles. The molecule has 0 unspecified atom stereocenters. The Labute approximate surface area is 81.5 Å². The smallest absolute Gasteiger partial charge is 0.274 e. The minimum absolute atomic E-state index is 0.519. The number of rotatable bonds is 5. The van der Waals surface area contributed by atoms with Crippen LogP contribution in [0.5, 0.6) is 5.19 Å². The van der Waals surface area contributed by atoms with Crippen LogP contribution < -0.4 is 4.74 Å². The van der Waals surface area contributed by atoms with Crippen LogP contribution in [-0.4, -0.2) is 11.6 Å². The van der Waals surface area contributed by atoms with Gasteiger partial charge in [-0.25, -0.2) is 0 Å². The number of ether oxygens (including phenoxy) is 1. The van der Waals surface area contributed by atoms with Gasteiger partial charge < -0.3 is 4.74 Å². The van der Waals surface area contributed by atoms with Crippen LogP contribution in [-0.2, 0) is 0 Å². The van der Waals surface area contributed by atoms with Gasteiger partial charge in [-0.05, 0) is 6.42 Å². The number of hydrogen-bond acceptors (Lipinski definition) is 3. The molecule has 0 N–H and O–H groups in total. The second-order valence-corrected chi connectivity index (χ2v) is 3.70. The van der Waals surface area contributed by atoms with E-state index in [1.165, 1.54) is 24.2 Å². The Balaban J connectivity index is 2.15. The number of thiazole rings is 1. The maximum absolute atomic E-state index is 5.62. The Kier molecular flexibility index (Phi) is 4.40. The summed E-state index contributed by atoms with van der Waals surface area (Å²) >= 11 is 7.06. The van der Waals surface area contributed by atoms with E-state index in [4.69, 9.17) is 16.3 Å². The highest BCUT2D eigenvalue weighted by molar-refractivity contribution is 7.11. The normalized spacial score (nSPS) is 10.2. The molecule has 0 saturated carbocycles. The number of halogens is 1. The highest BCUT2D eigenvalue weighted by atomic mass is 35.5. The number of hydrogen-bond donors (Lipinski definition) is 0. The minimum atomic E-state index is 0.519. The summed E-state index contributed by atoms with van der Waals surface area (Å²) in [7, 11) is 0. The predicted molar refractivity (Wildman–Crippen MR) is 52.1 cm³/mol. The zero-order valence-electron chi connectivity index (χ0n) is 7.05. The van der Waals surface area contributed by atoms with Gasteiger partial charge in [0.1, 0.15) is 5.15 Å². The molecule has 2 nitrogen and oxygen atoms in total. The van der Waals surface area contributed by atoms with Crippen molar-refractivity contribution in [2.45, 2.75) is 26.2 Å². The highest BCUT2D eigenvalue weighted by Crippen LogP contribution is 2.21. The molecule has 68 valence electrons. The average Bonchev–Trinajstić information content (AvgIpc) is 2.45. The van der Waals surface area contributed by atoms with E-state index >= 15 is 0 Å². The molecule has 1 heterocycles. The SMILES string of the molecule is CCCCCOc1nc(Cl)cs1. The van der Waals surface area contributed by atoms with Crippen molar-refractivity contribution in [3.8, 4) is 5.19 Å². The summed E-state index contributed by atoms with van der Waals surface area (Å²) in [5.41, 5.74) is 0. The van der Waals surface area contributed by atoms with Gasteiger partial charge in [-0.3, -0.25) is 0 Å². The molecule has 4 heteroatoms. The van der Waals surface area contributed by atoms with Crippen molar-refractivity contribution in [1.29, 1.82) is 0 Å². The van der Waals surface area contributed by atoms with Crippen molar-refractivity contribution in [2.75, 3.05) is 6.61 Å². The Hall–Kier alpha value is -0.280. The summed E-state index contributed by atoms with van der Waals surface area (Å²) in [6, 6.07) is 0. The first-order chi connectivity index (χ1) is 5.83. The summed E-state index contributed by atoms with van der Waals surface area (Å²) in [4.78, 5) is 3.97. The van der Waals surface area contributed by atoms with Crippen LogP contribution in [0, 0.1) is 0 Å². The minimum Gasteiger partial charge on any atom is -0.470 e. The third-order valence-electron chi connectivity index (χ3n) is 1.43. The molecule has 0 bridgehead atoms. The zero-order valence-corrected chi connectivity index (χ0v) is 8.62. The van der Waals surface area contributed by atoms with Crippen LogP contribution in [0.3, 0.4) is 0 Å². The predicted octanol–water partition coefficient (Wildman–Crippen LogP) is 3.37. The molecule has 0 aromatic carbocycles. The average molecular weight is 206 g/mol. The van der Waals surface area contributed by atoms with Gasteiger partial charge in [-0.1, -0.05) is 42.7 Å². The summed E-state index contributed by atoms with van der Waals surface area (Å²) in [6.07, 6.45) is 3.51. The van der Waals surface area contributed by atoms with Crippen molar-refractivity contribution in [3.63, 3.8) is 0 Å². The molecular weight excluding hydrogens is 194 g/mol. The molecule has 1 aromatic rings. The van der Waals surface area contributed by atoms with E-state index in [1.54, 1.807) is 5.38 Å². The first kappa shape index (κ1) is 9.81. The van der Waals surface area contributed by atoms with Crippen molar-refractivity contribution < 1.29 is 4.74 Å². The Morgan fingerprint density at radius 2 is 2.42 bits per heavy atom. The van der Waals surface area contributed by atoms with Crippen molar-refractivity contribution in [2.24, 2.45) is 0 Å². The van der Waals surface area contributed by atoms with E-state index in [2.05, 4.69) is 11.9 Å². The van der Waals surface area contributed by atoms with Gasteiger partial charge in [0.25, 0.3) is 5.19 Å². The lowest BCUT2D eigenvalue weighted by atomic mass is 10.3. The van der Waals surface area contributed by atoms with Crippen LogP contribution in [0.15, 0.2) is 5.38 Å². The fourth-order valence-corrected chi connectivity index (χ4v) is 1.63. The molecular formula is C8H12ClNOS. The fraction of sp³-hybridized carbons (Fsp3) is 0.625. The monoisotopic (exact) mass is 205 g/mol. The molecule has 1 aromatic heterocycles. The van der Waals surface area contributed by atoms with E-state index < -0.39 is 0 Å². The van der Waals surface area contributed by atoms with Gasteiger partial charge >= 0.3 is 0 Å². The Morgan fingerprint density at radius 3 is 3.00 bits per heavy atom. The summed E-state index contributed by atoms with van der Waals surface area (Å²) < 4.78 is 5.35. The van der Waals surface area contributed by atoms with Crippen LogP contribution in [0.25, 0.3) is 0 Å². The van der Waals surface area contributed by atoms with Crippen LogP contribution in [0.1, 0.15) is 26.2 Å². The first-order valence-corrected chi connectivity index (χ1v) is 5.32. The van der Waals surface area contributed by atoms with E-state index in [1.807, 2.05) is 0 Å². The van der Waals surface area contributed by atoms with E-state index in [-0.39, 0.29) is 0 Å². The molecule has 0 fully saturated rings. The van der Waals surface area contributed by atoms with Crippen LogP contribution in [0.4, 0.5) is 0 Å². The van der Waals surface area contributed by atoms with Gasteiger partial charge in [0.15, 0.2) is 0 Å². The lowest BCUT2D eigenvalue weighted by molar-refractivity contribution is 0.305. The van der Waals surface area contributed by atoms with Gasteiger partial charge in [-0.15, -0.1) is 0 Å². The summed E-state index contributed by atoms with van der Waals surface area (Å²) in [5, 5.41) is 2.97. The molecule has 0 spiro atoms. The van der Waals surface area contributed by atoms with Crippen LogP contribution in [0.2, 0.25) is 5.15 Å². The highest BCUT2D eigenvalue weighted by Gasteiger charge is 1.98.